The number of hydrogen-bond donors (Lipinski definition) is 2. The first kappa shape index (κ1) is 21.0. The number of aromatic nitrogens is 1. The zero-order chi connectivity index (χ0) is 19.9. The number of aryl methyl sites for hydroxylation is 1. The number of ether oxygens (including phenoxy) is 1. The zero-order valence-corrected chi connectivity index (χ0v) is 17.3. The molecule has 148 valence electrons. The van der Waals surface area contributed by atoms with Crippen molar-refractivity contribution in [2.24, 2.45) is 10.4 Å². The number of nitrogens with zero attached hydrogens (tertiary/aromatic N) is 2. The van der Waals surface area contributed by atoms with Crippen molar-refractivity contribution in [3.63, 3.8) is 0 Å². The summed E-state index contributed by atoms with van der Waals surface area (Å²) in [5, 5.41) is 6.60. The Balaban J connectivity index is 2.01. The van der Waals surface area contributed by atoms with E-state index in [2.05, 4.69) is 48.3 Å². The van der Waals surface area contributed by atoms with Gasteiger partial charge < -0.3 is 19.8 Å². The van der Waals surface area contributed by atoms with Gasteiger partial charge in [0.05, 0.1) is 12.6 Å². The van der Waals surface area contributed by atoms with Crippen LogP contribution in [0.2, 0.25) is 0 Å². The van der Waals surface area contributed by atoms with E-state index in [1.807, 2.05) is 31.2 Å². The van der Waals surface area contributed by atoms with Crippen LogP contribution in [-0.4, -0.2) is 37.2 Å². The Morgan fingerprint density at radius 3 is 2.52 bits per heavy atom. The van der Waals surface area contributed by atoms with Gasteiger partial charge in [0, 0.05) is 25.8 Å². The first-order valence-corrected chi connectivity index (χ1v) is 9.40. The van der Waals surface area contributed by atoms with Gasteiger partial charge in [-0.1, -0.05) is 38.5 Å². The molecule has 6 heteroatoms. The maximum absolute atomic E-state index is 5.60. The van der Waals surface area contributed by atoms with Crippen molar-refractivity contribution in [2.75, 3.05) is 20.2 Å². The zero-order valence-electron chi connectivity index (χ0n) is 17.3. The highest BCUT2D eigenvalue weighted by atomic mass is 16.5. The highest BCUT2D eigenvalue weighted by Gasteiger charge is 2.24. The van der Waals surface area contributed by atoms with E-state index in [0.29, 0.717) is 19.0 Å². The maximum atomic E-state index is 5.60. The van der Waals surface area contributed by atoms with Gasteiger partial charge in [-0.05, 0) is 31.4 Å². The Morgan fingerprint density at radius 1 is 1.22 bits per heavy atom. The third-order valence-electron chi connectivity index (χ3n) is 4.30. The third kappa shape index (κ3) is 6.40. The fraction of sp³-hybridized carbons (Fsp3) is 0.524. The molecule has 1 unspecified atom stereocenters. The standard InChI is InChI=1S/C21H32N4O2/c1-7-22-20(24-13-18(26-6)21(3,4)5)23-12-17-14-27-19(25-17)16-10-8-15(2)9-11-16/h8-11,14,18H,7,12-13H2,1-6H3,(H2,22,23,24). The number of guanidine groups is 1. The van der Waals surface area contributed by atoms with Crippen LogP contribution in [-0.2, 0) is 11.3 Å². The number of aliphatic imine (C=N–C) groups is 1. The van der Waals surface area contributed by atoms with Crippen LogP contribution in [0.25, 0.3) is 11.5 Å². The van der Waals surface area contributed by atoms with Crippen LogP contribution in [0, 0.1) is 12.3 Å². The molecule has 0 bridgehead atoms. The van der Waals surface area contributed by atoms with Crippen LogP contribution in [0.1, 0.15) is 39.0 Å². The second-order valence-electron chi connectivity index (χ2n) is 7.68. The number of nitrogens with one attached hydrogen (secondary N) is 2. The highest BCUT2D eigenvalue weighted by molar-refractivity contribution is 5.79. The van der Waals surface area contributed by atoms with Crippen LogP contribution >= 0.6 is 0 Å². The summed E-state index contributed by atoms with van der Waals surface area (Å²) in [6.45, 7) is 12.5. The van der Waals surface area contributed by atoms with E-state index in [1.165, 1.54) is 5.56 Å². The monoisotopic (exact) mass is 372 g/mol. The average molecular weight is 373 g/mol. The number of hydrogen-bond acceptors (Lipinski definition) is 4. The van der Waals surface area contributed by atoms with E-state index in [4.69, 9.17) is 9.15 Å². The summed E-state index contributed by atoms with van der Waals surface area (Å²) in [6, 6.07) is 8.12. The number of benzene rings is 1. The normalized spacial score (nSPS) is 13.5. The molecule has 2 aromatic rings. The lowest BCUT2D eigenvalue weighted by molar-refractivity contribution is 0.0205. The molecule has 2 rings (SSSR count). The summed E-state index contributed by atoms with van der Waals surface area (Å²) < 4.78 is 11.2. The average Bonchev–Trinajstić information content (AvgIpc) is 3.08. The second kappa shape index (κ2) is 9.55. The Kier molecular flexibility index (Phi) is 7.42. The van der Waals surface area contributed by atoms with Gasteiger partial charge in [-0.15, -0.1) is 0 Å². The number of rotatable bonds is 7. The summed E-state index contributed by atoms with van der Waals surface area (Å²) in [5.41, 5.74) is 3.02. The Morgan fingerprint density at radius 2 is 1.93 bits per heavy atom. The van der Waals surface area contributed by atoms with Gasteiger partial charge in [-0.25, -0.2) is 9.98 Å². The summed E-state index contributed by atoms with van der Waals surface area (Å²) in [5.74, 6) is 1.36. The first-order chi connectivity index (χ1) is 12.8. The van der Waals surface area contributed by atoms with Crippen molar-refractivity contribution >= 4 is 5.96 Å². The van der Waals surface area contributed by atoms with Crippen molar-refractivity contribution in [1.82, 2.24) is 15.6 Å². The molecule has 0 amide bonds. The second-order valence-corrected chi connectivity index (χ2v) is 7.68. The molecule has 0 radical (unpaired) electrons. The minimum atomic E-state index is 0.0497. The van der Waals surface area contributed by atoms with Crippen LogP contribution < -0.4 is 10.6 Å². The van der Waals surface area contributed by atoms with Crippen LogP contribution in [0.3, 0.4) is 0 Å². The smallest absolute Gasteiger partial charge is 0.226 e. The topological polar surface area (TPSA) is 71.7 Å². The molecular formula is C21H32N4O2. The number of methoxy groups -OCH3 is 1. The summed E-state index contributed by atoms with van der Waals surface area (Å²) in [6.07, 6.45) is 1.75. The Bertz CT molecular complexity index is 729. The fourth-order valence-corrected chi connectivity index (χ4v) is 2.64. The Labute approximate surface area is 162 Å². The van der Waals surface area contributed by atoms with Crippen molar-refractivity contribution in [2.45, 2.75) is 47.3 Å². The minimum Gasteiger partial charge on any atom is -0.444 e. The summed E-state index contributed by atoms with van der Waals surface area (Å²) >= 11 is 0. The molecule has 27 heavy (non-hydrogen) atoms. The van der Waals surface area contributed by atoms with Crippen molar-refractivity contribution in [3.8, 4) is 11.5 Å². The highest BCUT2D eigenvalue weighted by Crippen LogP contribution is 2.21. The molecular weight excluding hydrogens is 340 g/mol. The van der Waals surface area contributed by atoms with Gasteiger partial charge in [0.15, 0.2) is 5.96 Å². The molecule has 1 aromatic heterocycles. The van der Waals surface area contributed by atoms with Crippen molar-refractivity contribution < 1.29 is 9.15 Å². The van der Waals surface area contributed by atoms with Crippen LogP contribution in [0.4, 0.5) is 0 Å². The van der Waals surface area contributed by atoms with Gasteiger partial charge in [-0.3, -0.25) is 0 Å². The maximum Gasteiger partial charge on any atom is 0.226 e. The molecule has 0 fully saturated rings. The molecule has 2 N–H and O–H groups in total. The van der Waals surface area contributed by atoms with Crippen molar-refractivity contribution in [1.29, 1.82) is 0 Å². The molecule has 0 aliphatic carbocycles. The molecule has 0 aliphatic heterocycles. The first-order valence-electron chi connectivity index (χ1n) is 9.40. The quantitative estimate of drug-likeness (QED) is 0.572. The molecule has 1 heterocycles. The van der Waals surface area contributed by atoms with E-state index in [9.17, 15) is 0 Å². The molecule has 1 atom stereocenters. The largest absolute Gasteiger partial charge is 0.444 e. The molecule has 0 saturated heterocycles. The Hall–Kier alpha value is -2.34. The lowest BCUT2D eigenvalue weighted by atomic mass is 9.89. The molecule has 0 aliphatic rings. The van der Waals surface area contributed by atoms with Crippen LogP contribution in [0.5, 0.6) is 0 Å². The van der Waals surface area contributed by atoms with Gasteiger partial charge in [0.2, 0.25) is 5.89 Å². The summed E-state index contributed by atoms with van der Waals surface area (Å²) in [7, 11) is 1.74. The van der Waals surface area contributed by atoms with Crippen molar-refractivity contribution in [3.05, 3.63) is 41.8 Å². The minimum absolute atomic E-state index is 0.0497. The predicted molar refractivity (Wildman–Crippen MR) is 110 cm³/mol. The molecule has 1 aromatic carbocycles. The van der Waals surface area contributed by atoms with Gasteiger partial charge in [0.25, 0.3) is 0 Å². The molecule has 0 saturated carbocycles. The van der Waals surface area contributed by atoms with E-state index in [-0.39, 0.29) is 11.5 Å². The van der Waals surface area contributed by atoms with Gasteiger partial charge in [-0.2, -0.15) is 0 Å². The molecule has 0 spiro atoms. The van der Waals surface area contributed by atoms with Gasteiger partial charge >= 0.3 is 0 Å². The van der Waals surface area contributed by atoms with E-state index >= 15 is 0 Å². The lowest BCUT2D eigenvalue weighted by Crippen LogP contribution is -2.45. The lowest BCUT2D eigenvalue weighted by Gasteiger charge is -2.30. The predicted octanol–water partition coefficient (Wildman–Crippen LogP) is 3.77. The summed E-state index contributed by atoms with van der Waals surface area (Å²) in [4.78, 5) is 9.15. The third-order valence-corrected chi connectivity index (χ3v) is 4.30. The van der Waals surface area contributed by atoms with E-state index < -0.39 is 0 Å². The van der Waals surface area contributed by atoms with E-state index in [0.717, 1.165) is 23.8 Å². The molecule has 6 nitrogen and oxygen atoms in total. The number of oxazole rings is 1. The van der Waals surface area contributed by atoms with Crippen LogP contribution in [0.15, 0.2) is 39.9 Å². The van der Waals surface area contributed by atoms with Gasteiger partial charge in [0.1, 0.15) is 12.0 Å². The van der Waals surface area contributed by atoms with E-state index in [1.54, 1.807) is 13.4 Å². The fourth-order valence-electron chi connectivity index (χ4n) is 2.64. The SMILES string of the molecule is CCNC(=NCc1coc(-c2ccc(C)cc2)n1)NCC(OC)C(C)(C)C.